The highest BCUT2D eigenvalue weighted by Crippen LogP contribution is 2.36. The number of fused-ring (bicyclic) bond motifs is 1. The van der Waals surface area contributed by atoms with Crippen molar-refractivity contribution in [2.24, 2.45) is 0 Å². The molecule has 3 aromatic rings. The largest absolute Gasteiger partial charge is 0.433 e. The van der Waals surface area contributed by atoms with Gasteiger partial charge in [-0.15, -0.1) is 0 Å². The van der Waals surface area contributed by atoms with Crippen molar-refractivity contribution >= 4 is 17.6 Å². The summed E-state index contributed by atoms with van der Waals surface area (Å²) in [7, 11) is 0. The fraction of sp³-hybridized carbons (Fsp3) is 0.0909. The van der Waals surface area contributed by atoms with Crippen LogP contribution in [0.3, 0.4) is 0 Å². The predicted octanol–water partition coefficient (Wildman–Crippen LogP) is 4.13. The SMILES string of the molecule is O=C1OC(N(C(=O)Cc2ccccc2)c2ccccc2)c2ccccc21. The molecule has 0 fully saturated rings. The molecule has 26 heavy (non-hydrogen) atoms. The molecule has 3 aromatic carbocycles. The van der Waals surface area contributed by atoms with E-state index in [1.54, 1.807) is 17.0 Å². The molecule has 4 rings (SSSR count). The van der Waals surface area contributed by atoms with E-state index < -0.39 is 12.2 Å². The highest BCUT2D eigenvalue weighted by molar-refractivity contribution is 5.99. The van der Waals surface area contributed by atoms with Gasteiger partial charge < -0.3 is 4.74 Å². The minimum absolute atomic E-state index is 0.128. The zero-order valence-corrected chi connectivity index (χ0v) is 14.0. The van der Waals surface area contributed by atoms with Crippen LogP contribution in [0.5, 0.6) is 0 Å². The average molecular weight is 343 g/mol. The molecule has 0 aliphatic carbocycles. The molecule has 0 aromatic heterocycles. The van der Waals surface area contributed by atoms with Crippen molar-refractivity contribution < 1.29 is 14.3 Å². The molecule has 1 unspecified atom stereocenters. The summed E-state index contributed by atoms with van der Waals surface area (Å²) in [5.41, 5.74) is 2.83. The topological polar surface area (TPSA) is 46.6 Å². The van der Waals surface area contributed by atoms with Gasteiger partial charge in [-0.2, -0.15) is 0 Å². The van der Waals surface area contributed by atoms with E-state index in [1.807, 2.05) is 72.8 Å². The molecule has 4 nitrogen and oxygen atoms in total. The number of esters is 1. The van der Waals surface area contributed by atoms with Crippen LogP contribution in [0.25, 0.3) is 0 Å². The van der Waals surface area contributed by atoms with Crippen LogP contribution in [0.15, 0.2) is 84.9 Å². The van der Waals surface area contributed by atoms with Crippen molar-refractivity contribution in [2.45, 2.75) is 12.6 Å². The maximum atomic E-state index is 13.2. The Bertz CT molecular complexity index is 938. The number of benzene rings is 3. The average Bonchev–Trinajstić information content (AvgIpc) is 3.00. The van der Waals surface area contributed by atoms with Gasteiger partial charge in [-0.3, -0.25) is 9.69 Å². The summed E-state index contributed by atoms with van der Waals surface area (Å²) in [5, 5.41) is 0. The second kappa shape index (κ2) is 6.84. The predicted molar refractivity (Wildman–Crippen MR) is 98.7 cm³/mol. The number of rotatable bonds is 4. The molecule has 1 heterocycles. The third-order valence-electron chi connectivity index (χ3n) is 4.40. The van der Waals surface area contributed by atoms with Crippen LogP contribution in [0.4, 0.5) is 5.69 Å². The first-order chi connectivity index (χ1) is 12.7. The lowest BCUT2D eigenvalue weighted by Crippen LogP contribution is -2.36. The maximum absolute atomic E-state index is 13.2. The zero-order valence-electron chi connectivity index (χ0n) is 14.0. The van der Waals surface area contributed by atoms with Gasteiger partial charge in [0.1, 0.15) is 0 Å². The molecule has 0 saturated carbocycles. The van der Waals surface area contributed by atoms with E-state index in [4.69, 9.17) is 4.74 Å². The number of carbonyl (C=O) groups excluding carboxylic acids is 2. The van der Waals surface area contributed by atoms with Gasteiger partial charge in [-0.25, -0.2) is 4.79 Å². The molecule has 1 aliphatic heterocycles. The highest BCUT2D eigenvalue weighted by atomic mass is 16.6. The third kappa shape index (κ3) is 2.97. The number of carbonyl (C=O) groups is 2. The van der Waals surface area contributed by atoms with E-state index in [2.05, 4.69) is 0 Å². The molecule has 0 spiro atoms. The summed E-state index contributed by atoms with van der Waals surface area (Å²) >= 11 is 0. The van der Waals surface area contributed by atoms with Crippen LogP contribution in [0, 0.1) is 0 Å². The normalized spacial score (nSPS) is 15.2. The Balaban J connectivity index is 1.73. The van der Waals surface area contributed by atoms with Gasteiger partial charge in [-0.1, -0.05) is 66.7 Å². The standard InChI is InChI=1S/C22H17NO3/c24-20(15-16-9-3-1-4-10-16)23(17-11-5-2-6-12-17)21-18-13-7-8-14-19(18)22(25)26-21/h1-14,21H,15H2. The van der Waals surface area contributed by atoms with Crippen LogP contribution in [-0.4, -0.2) is 11.9 Å². The number of hydrogen-bond acceptors (Lipinski definition) is 3. The quantitative estimate of drug-likeness (QED) is 0.669. The van der Waals surface area contributed by atoms with Crippen LogP contribution in [-0.2, 0) is 16.0 Å². The number of ether oxygens (including phenoxy) is 1. The van der Waals surface area contributed by atoms with Crippen LogP contribution < -0.4 is 4.90 Å². The Kier molecular flexibility index (Phi) is 4.23. The molecule has 1 aliphatic rings. The number of hydrogen-bond donors (Lipinski definition) is 0. The first-order valence-corrected chi connectivity index (χ1v) is 8.45. The Morgan fingerprint density at radius 3 is 2.19 bits per heavy atom. The summed E-state index contributed by atoms with van der Waals surface area (Å²) in [4.78, 5) is 26.9. The van der Waals surface area contributed by atoms with Crippen molar-refractivity contribution in [3.63, 3.8) is 0 Å². The molecular formula is C22H17NO3. The van der Waals surface area contributed by atoms with Crippen molar-refractivity contribution in [3.8, 4) is 0 Å². The molecule has 1 amide bonds. The number of nitrogens with zero attached hydrogens (tertiary/aromatic N) is 1. The Morgan fingerprint density at radius 2 is 1.46 bits per heavy atom. The van der Waals surface area contributed by atoms with E-state index in [0.29, 0.717) is 16.8 Å². The lowest BCUT2D eigenvalue weighted by atomic mass is 10.1. The summed E-state index contributed by atoms with van der Waals surface area (Å²) in [6, 6.07) is 26.0. The second-order valence-corrected chi connectivity index (χ2v) is 6.11. The molecule has 1 atom stereocenters. The van der Waals surface area contributed by atoms with E-state index in [-0.39, 0.29) is 12.3 Å². The van der Waals surface area contributed by atoms with Gasteiger partial charge in [0.25, 0.3) is 0 Å². The van der Waals surface area contributed by atoms with E-state index in [9.17, 15) is 9.59 Å². The lowest BCUT2D eigenvalue weighted by molar-refractivity contribution is -0.119. The highest BCUT2D eigenvalue weighted by Gasteiger charge is 2.38. The zero-order chi connectivity index (χ0) is 17.9. The summed E-state index contributed by atoms with van der Waals surface area (Å²) < 4.78 is 5.57. The van der Waals surface area contributed by atoms with Gasteiger partial charge in [0, 0.05) is 11.3 Å². The van der Waals surface area contributed by atoms with Gasteiger partial charge >= 0.3 is 5.97 Å². The van der Waals surface area contributed by atoms with Gasteiger partial charge in [0.05, 0.1) is 12.0 Å². The van der Waals surface area contributed by atoms with E-state index in [1.165, 1.54) is 0 Å². The first kappa shape index (κ1) is 16.1. The number of para-hydroxylation sites is 1. The maximum Gasteiger partial charge on any atom is 0.340 e. The minimum atomic E-state index is -0.752. The van der Waals surface area contributed by atoms with Crippen LogP contribution in [0.2, 0.25) is 0 Å². The molecule has 0 N–H and O–H groups in total. The monoisotopic (exact) mass is 343 g/mol. The molecular weight excluding hydrogens is 326 g/mol. The lowest BCUT2D eigenvalue weighted by Gasteiger charge is -2.28. The fourth-order valence-electron chi connectivity index (χ4n) is 3.17. The molecule has 128 valence electrons. The van der Waals surface area contributed by atoms with Crippen molar-refractivity contribution in [1.82, 2.24) is 0 Å². The third-order valence-corrected chi connectivity index (χ3v) is 4.40. The summed E-state index contributed by atoms with van der Waals surface area (Å²) in [6.07, 6.45) is -0.524. The minimum Gasteiger partial charge on any atom is -0.433 e. The molecule has 4 heteroatoms. The second-order valence-electron chi connectivity index (χ2n) is 6.11. The van der Waals surface area contributed by atoms with Crippen molar-refractivity contribution in [1.29, 1.82) is 0 Å². The van der Waals surface area contributed by atoms with Crippen LogP contribution >= 0.6 is 0 Å². The number of amides is 1. The van der Waals surface area contributed by atoms with Gasteiger partial charge in [0.2, 0.25) is 12.1 Å². The number of anilines is 1. The Hall–Kier alpha value is -3.40. The fourth-order valence-corrected chi connectivity index (χ4v) is 3.17. The Labute approximate surface area is 151 Å². The molecule has 0 radical (unpaired) electrons. The van der Waals surface area contributed by atoms with Crippen molar-refractivity contribution in [2.75, 3.05) is 4.90 Å². The molecule has 0 bridgehead atoms. The summed E-state index contributed by atoms with van der Waals surface area (Å²) in [6.45, 7) is 0. The smallest absolute Gasteiger partial charge is 0.340 e. The van der Waals surface area contributed by atoms with Crippen molar-refractivity contribution in [3.05, 3.63) is 102 Å². The number of cyclic esters (lactones) is 1. The van der Waals surface area contributed by atoms with Crippen LogP contribution in [0.1, 0.15) is 27.7 Å². The molecule has 0 saturated heterocycles. The van der Waals surface area contributed by atoms with E-state index in [0.717, 1.165) is 5.56 Å². The summed E-state index contributed by atoms with van der Waals surface area (Å²) in [5.74, 6) is -0.532. The van der Waals surface area contributed by atoms with Gasteiger partial charge in [0.15, 0.2) is 0 Å². The van der Waals surface area contributed by atoms with E-state index >= 15 is 0 Å². The first-order valence-electron chi connectivity index (χ1n) is 8.45. The Morgan fingerprint density at radius 1 is 0.846 bits per heavy atom. The van der Waals surface area contributed by atoms with Gasteiger partial charge in [-0.05, 0) is 23.8 Å².